The van der Waals surface area contributed by atoms with Crippen LogP contribution in [0.15, 0.2) is 0 Å². The van der Waals surface area contributed by atoms with Crippen LogP contribution in [0.1, 0.15) is 97.3 Å². The second-order valence-electron chi connectivity index (χ2n) is 7.11. The number of methoxy groups -OCH3 is 2. The van der Waals surface area contributed by atoms with Crippen LogP contribution in [-0.4, -0.2) is 26.2 Å². The summed E-state index contributed by atoms with van der Waals surface area (Å²) in [6.45, 7) is 4.43. The molecule has 0 aromatic heterocycles. The van der Waals surface area contributed by atoms with Gasteiger partial charge in [0.2, 0.25) is 0 Å². The third-order valence-electron chi connectivity index (χ3n) is 4.97. The molecule has 25 heavy (non-hydrogen) atoms. The molecule has 0 bridgehead atoms. The van der Waals surface area contributed by atoms with Crippen molar-refractivity contribution >= 4 is 11.9 Å². The van der Waals surface area contributed by atoms with E-state index in [9.17, 15) is 9.59 Å². The molecule has 148 valence electrons. The Bertz CT molecular complexity index is 325. The van der Waals surface area contributed by atoms with Crippen LogP contribution < -0.4 is 0 Å². The van der Waals surface area contributed by atoms with E-state index in [-0.39, 0.29) is 0 Å². The molecule has 0 rings (SSSR count). The Labute approximate surface area is 155 Å². The molecule has 0 radical (unpaired) electrons. The first-order valence-corrected chi connectivity index (χ1v) is 10.3. The van der Waals surface area contributed by atoms with Crippen molar-refractivity contribution < 1.29 is 19.1 Å². The predicted molar refractivity (Wildman–Crippen MR) is 102 cm³/mol. The van der Waals surface area contributed by atoms with Crippen LogP contribution in [0.3, 0.4) is 0 Å². The predicted octanol–water partition coefficient (Wildman–Crippen LogP) is 5.68. The van der Waals surface area contributed by atoms with Gasteiger partial charge in [-0.25, -0.2) is 0 Å². The summed E-state index contributed by atoms with van der Waals surface area (Å²) in [4.78, 5) is 23.9. The fourth-order valence-corrected chi connectivity index (χ4v) is 3.36. The van der Waals surface area contributed by atoms with Crippen molar-refractivity contribution in [3.8, 4) is 0 Å². The molecular weight excluding hydrogens is 316 g/mol. The van der Waals surface area contributed by atoms with Crippen molar-refractivity contribution in [2.75, 3.05) is 14.2 Å². The maximum Gasteiger partial charge on any atom is 0.320 e. The largest absolute Gasteiger partial charge is 0.468 e. The standard InChI is InChI=1S/C21H40O4/c1-5-7-9-11-12-14-16-18(15-13-10-8-6-2)17-19(20(22)24-3)21(23)25-4/h18-19H,5-17H2,1-4H3. The number of carbonyl (C=O) groups is 2. The molecule has 4 heteroatoms. The zero-order chi connectivity index (χ0) is 18.9. The molecule has 0 aliphatic rings. The number of hydrogen-bond acceptors (Lipinski definition) is 4. The first kappa shape index (κ1) is 23.9. The lowest BCUT2D eigenvalue weighted by Gasteiger charge is -2.21. The number of hydrogen-bond donors (Lipinski definition) is 0. The van der Waals surface area contributed by atoms with Crippen LogP contribution in [0.4, 0.5) is 0 Å². The van der Waals surface area contributed by atoms with Gasteiger partial charge in [-0.1, -0.05) is 90.9 Å². The maximum absolute atomic E-state index is 11.9. The van der Waals surface area contributed by atoms with Crippen molar-refractivity contribution in [2.24, 2.45) is 11.8 Å². The maximum atomic E-state index is 11.9. The Kier molecular flexibility index (Phi) is 15.7. The van der Waals surface area contributed by atoms with E-state index in [0.29, 0.717) is 12.3 Å². The second-order valence-corrected chi connectivity index (χ2v) is 7.11. The number of unbranched alkanes of at least 4 members (excludes halogenated alkanes) is 8. The number of esters is 2. The van der Waals surface area contributed by atoms with Gasteiger partial charge in [0.25, 0.3) is 0 Å². The molecule has 0 aliphatic heterocycles. The molecule has 0 saturated heterocycles. The van der Waals surface area contributed by atoms with E-state index in [1.54, 1.807) is 0 Å². The summed E-state index contributed by atoms with van der Waals surface area (Å²) in [7, 11) is 2.67. The van der Waals surface area contributed by atoms with Gasteiger partial charge in [-0.15, -0.1) is 0 Å². The van der Waals surface area contributed by atoms with E-state index in [0.717, 1.165) is 12.8 Å². The van der Waals surface area contributed by atoms with Crippen molar-refractivity contribution in [1.82, 2.24) is 0 Å². The quantitative estimate of drug-likeness (QED) is 0.203. The molecule has 4 nitrogen and oxygen atoms in total. The van der Waals surface area contributed by atoms with Crippen LogP contribution in [0.25, 0.3) is 0 Å². The van der Waals surface area contributed by atoms with Gasteiger partial charge in [-0.05, 0) is 12.3 Å². The van der Waals surface area contributed by atoms with Gasteiger partial charge in [0.05, 0.1) is 14.2 Å². The molecule has 0 N–H and O–H groups in total. The highest BCUT2D eigenvalue weighted by molar-refractivity contribution is 5.94. The van der Waals surface area contributed by atoms with Gasteiger partial charge < -0.3 is 9.47 Å². The van der Waals surface area contributed by atoms with Crippen LogP contribution >= 0.6 is 0 Å². The van der Waals surface area contributed by atoms with Gasteiger partial charge in [-0.3, -0.25) is 9.59 Å². The smallest absolute Gasteiger partial charge is 0.320 e. The zero-order valence-electron chi connectivity index (χ0n) is 17.0. The minimum absolute atomic E-state index is 0.395. The summed E-state index contributed by atoms with van der Waals surface area (Å²) >= 11 is 0. The molecule has 0 spiro atoms. The summed E-state index contributed by atoms with van der Waals surface area (Å²) in [6, 6.07) is 0. The molecule has 1 atom stereocenters. The second kappa shape index (κ2) is 16.4. The van der Waals surface area contributed by atoms with Gasteiger partial charge in [0, 0.05) is 0 Å². The highest BCUT2D eigenvalue weighted by Gasteiger charge is 2.31. The Balaban J connectivity index is 4.51. The van der Waals surface area contributed by atoms with Crippen LogP contribution in [-0.2, 0) is 19.1 Å². The first-order chi connectivity index (χ1) is 12.1. The molecule has 0 aliphatic carbocycles. The number of carbonyl (C=O) groups excluding carboxylic acids is 2. The third-order valence-corrected chi connectivity index (χ3v) is 4.97. The Morgan fingerprint density at radius 2 is 1.08 bits per heavy atom. The summed E-state index contributed by atoms with van der Waals surface area (Å²) in [5.74, 6) is -1.31. The van der Waals surface area contributed by atoms with Crippen molar-refractivity contribution in [1.29, 1.82) is 0 Å². The van der Waals surface area contributed by atoms with Gasteiger partial charge in [0.1, 0.15) is 0 Å². The lowest BCUT2D eigenvalue weighted by molar-refractivity contribution is -0.159. The van der Waals surface area contributed by atoms with Crippen molar-refractivity contribution in [3.63, 3.8) is 0 Å². The Hall–Kier alpha value is -1.06. The van der Waals surface area contributed by atoms with Crippen molar-refractivity contribution in [2.45, 2.75) is 97.3 Å². The van der Waals surface area contributed by atoms with Gasteiger partial charge in [-0.2, -0.15) is 0 Å². The molecule has 0 aromatic rings. The van der Waals surface area contributed by atoms with Crippen molar-refractivity contribution in [3.05, 3.63) is 0 Å². The minimum Gasteiger partial charge on any atom is -0.468 e. The average Bonchev–Trinajstić information content (AvgIpc) is 2.63. The molecule has 0 heterocycles. The van der Waals surface area contributed by atoms with Gasteiger partial charge in [0.15, 0.2) is 5.92 Å². The van der Waals surface area contributed by atoms with E-state index in [2.05, 4.69) is 13.8 Å². The van der Waals surface area contributed by atoms with E-state index < -0.39 is 17.9 Å². The number of ether oxygens (including phenoxy) is 2. The molecular formula is C21H40O4. The van der Waals surface area contributed by atoms with E-state index in [1.807, 2.05) is 0 Å². The lowest BCUT2D eigenvalue weighted by Crippen LogP contribution is -2.28. The highest BCUT2D eigenvalue weighted by Crippen LogP contribution is 2.26. The SMILES string of the molecule is CCCCCCCCC(CCCCCC)CC(C(=O)OC)C(=O)OC. The number of rotatable bonds is 16. The summed E-state index contributed by atoms with van der Waals surface area (Å²) in [5, 5.41) is 0. The highest BCUT2D eigenvalue weighted by atomic mass is 16.5. The Morgan fingerprint density at radius 3 is 1.52 bits per heavy atom. The molecule has 0 amide bonds. The van der Waals surface area contributed by atoms with E-state index >= 15 is 0 Å². The first-order valence-electron chi connectivity index (χ1n) is 10.3. The molecule has 0 saturated carbocycles. The zero-order valence-corrected chi connectivity index (χ0v) is 17.0. The van der Waals surface area contributed by atoms with E-state index in [4.69, 9.17) is 9.47 Å². The average molecular weight is 357 g/mol. The fourth-order valence-electron chi connectivity index (χ4n) is 3.36. The fraction of sp³-hybridized carbons (Fsp3) is 0.905. The van der Waals surface area contributed by atoms with Crippen LogP contribution in [0.2, 0.25) is 0 Å². The third kappa shape index (κ3) is 12.0. The summed E-state index contributed by atoms with van der Waals surface area (Å²) < 4.78 is 9.62. The molecule has 0 aromatic carbocycles. The monoisotopic (exact) mass is 356 g/mol. The van der Waals surface area contributed by atoms with Gasteiger partial charge >= 0.3 is 11.9 Å². The molecule has 1 unspecified atom stereocenters. The Morgan fingerprint density at radius 1 is 0.680 bits per heavy atom. The lowest BCUT2D eigenvalue weighted by atomic mass is 9.86. The normalized spacial score (nSPS) is 12.2. The topological polar surface area (TPSA) is 52.6 Å². The summed E-state index contributed by atoms with van der Waals surface area (Å²) in [5.41, 5.74) is 0. The van der Waals surface area contributed by atoms with E-state index in [1.165, 1.54) is 78.4 Å². The molecule has 0 fully saturated rings. The van der Waals surface area contributed by atoms with Crippen LogP contribution in [0, 0.1) is 11.8 Å². The minimum atomic E-state index is -0.772. The van der Waals surface area contributed by atoms with Crippen LogP contribution in [0.5, 0.6) is 0 Å². The summed E-state index contributed by atoms with van der Waals surface area (Å²) in [6.07, 6.45) is 15.2.